The van der Waals surface area contributed by atoms with Gasteiger partial charge in [0.25, 0.3) is 0 Å². The van der Waals surface area contributed by atoms with E-state index in [4.69, 9.17) is 0 Å². The molecular weight excluding hydrogens is 370 g/mol. The van der Waals surface area contributed by atoms with Crippen LogP contribution in [0.2, 0.25) is 0 Å². The zero-order valence-electron chi connectivity index (χ0n) is 15.5. The molecule has 1 atom stereocenters. The van der Waals surface area contributed by atoms with Crippen LogP contribution in [0.25, 0.3) is 0 Å². The first-order valence-electron chi connectivity index (χ1n) is 8.26. The topological polar surface area (TPSA) is 81.8 Å². The highest BCUT2D eigenvalue weighted by atomic mass is 32.2. The number of aryl methyl sites for hydroxylation is 4. The Kier molecular flexibility index (Phi) is 5.05. The quantitative estimate of drug-likeness (QED) is 0.697. The molecule has 0 amide bonds. The highest BCUT2D eigenvalue weighted by Crippen LogP contribution is 2.25. The molecule has 0 radical (unpaired) electrons. The first-order chi connectivity index (χ1) is 12.2. The van der Waals surface area contributed by atoms with Crippen molar-refractivity contribution in [3.63, 3.8) is 0 Å². The maximum absolute atomic E-state index is 12.9. The minimum Gasteiger partial charge on any atom is -0.271 e. The van der Waals surface area contributed by atoms with Crippen LogP contribution in [-0.2, 0) is 17.1 Å². The molecule has 9 heteroatoms. The Morgan fingerprint density at radius 3 is 2.46 bits per heavy atom. The Balaban J connectivity index is 1.92. The van der Waals surface area contributed by atoms with Gasteiger partial charge in [-0.3, -0.25) is 9.36 Å². The fourth-order valence-electron chi connectivity index (χ4n) is 3.15. The zero-order chi connectivity index (χ0) is 19.1. The van der Waals surface area contributed by atoms with Gasteiger partial charge >= 0.3 is 0 Å². The van der Waals surface area contributed by atoms with Gasteiger partial charge in [0.2, 0.25) is 10.0 Å². The van der Waals surface area contributed by atoms with Gasteiger partial charge < -0.3 is 0 Å². The number of aromatic nitrogens is 4. The fraction of sp³-hybridized carbons (Fsp3) is 0.412. The number of hydrogen-bond donors (Lipinski definition) is 1. The smallest absolute Gasteiger partial charge is 0.244 e. The van der Waals surface area contributed by atoms with Crippen LogP contribution in [0.3, 0.4) is 0 Å². The van der Waals surface area contributed by atoms with Crippen LogP contribution < -0.4 is 4.72 Å². The van der Waals surface area contributed by atoms with Crippen LogP contribution in [0, 0.1) is 27.7 Å². The Bertz CT molecular complexity index is 1020. The Morgan fingerprint density at radius 1 is 1.23 bits per heavy atom. The van der Waals surface area contributed by atoms with Gasteiger partial charge in [-0.1, -0.05) is 6.07 Å². The van der Waals surface area contributed by atoms with Crippen molar-refractivity contribution in [3.05, 3.63) is 51.2 Å². The zero-order valence-corrected chi connectivity index (χ0v) is 17.1. The van der Waals surface area contributed by atoms with Crippen molar-refractivity contribution in [1.29, 1.82) is 0 Å². The summed E-state index contributed by atoms with van der Waals surface area (Å²) in [7, 11) is -1.93. The van der Waals surface area contributed by atoms with Crippen molar-refractivity contribution in [3.8, 4) is 0 Å². The van der Waals surface area contributed by atoms with E-state index in [0.29, 0.717) is 11.4 Å². The van der Waals surface area contributed by atoms with E-state index in [1.807, 2.05) is 42.1 Å². The van der Waals surface area contributed by atoms with Crippen molar-refractivity contribution in [2.24, 2.45) is 7.05 Å². The molecule has 0 aliphatic carbocycles. The highest BCUT2D eigenvalue weighted by molar-refractivity contribution is 7.89. The van der Waals surface area contributed by atoms with E-state index in [2.05, 4.69) is 14.9 Å². The molecule has 0 aliphatic rings. The average Bonchev–Trinajstić information content (AvgIpc) is 3.23. The Labute approximate surface area is 157 Å². The van der Waals surface area contributed by atoms with Gasteiger partial charge in [0.15, 0.2) is 0 Å². The molecule has 0 spiro atoms. The average molecular weight is 394 g/mol. The third-order valence-corrected chi connectivity index (χ3v) is 7.04. The molecule has 0 saturated heterocycles. The van der Waals surface area contributed by atoms with Crippen molar-refractivity contribution >= 4 is 21.4 Å². The van der Waals surface area contributed by atoms with Gasteiger partial charge in [-0.25, -0.2) is 13.1 Å². The minimum atomic E-state index is -3.67. The summed E-state index contributed by atoms with van der Waals surface area (Å²) in [4.78, 5) is 1.30. The normalized spacial score (nSPS) is 13.3. The second kappa shape index (κ2) is 6.98. The summed E-state index contributed by atoms with van der Waals surface area (Å²) in [5, 5.41) is 10.7. The van der Waals surface area contributed by atoms with Gasteiger partial charge in [-0.15, -0.1) is 11.3 Å². The minimum absolute atomic E-state index is 0.198. The summed E-state index contributed by atoms with van der Waals surface area (Å²) >= 11 is 1.59. The summed E-state index contributed by atoms with van der Waals surface area (Å²) in [5.41, 5.74) is 3.02. The van der Waals surface area contributed by atoms with Crippen LogP contribution in [0.5, 0.6) is 0 Å². The fourth-order valence-corrected chi connectivity index (χ4v) is 5.44. The molecule has 0 aliphatic heterocycles. The van der Waals surface area contributed by atoms with Crippen LogP contribution in [-0.4, -0.2) is 34.5 Å². The molecule has 1 N–H and O–H groups in total. The third-order valence-electron chi connectivity index (χ3n) is 4.39. The van der Waals surface area contributed by atoms with E-state index in [9.17, 15) is 8.42 Å². The second-order valence-electron chi connectivity index (χ2n) is 6.38. The predicted octanol–water partition coefficient (Wildman–Crippen LogP) is 2.48. The number of hydrogen-bond acceptors (Lipinski definition) is 5. The van der Waals surface area contributed by atoms with E-state index in [1.54, 1.807) is 36.9 Å². The molecule has 26 heavy (non-hydrogen) atoms. The van der Waals surface area contributed by atoms with E-state index in [0.717, 1.165) is 16.3 Å². The molecular formula is C17H23N5O2S2. The van der Waals surface area contributed by atoms with Crippen LogP contribution >= 0.6 is 11.3 Å². The molecule has 0 fully saturated rings. The predicted molar refractivity (Wildman–Crippen MR) is 102 cm³/mol. The number of nitrogens with zero attached hydrogens (tertiary/aromatic N) is 4. The van der Waals surface area contributed by atoms with Gasteiger partial charge in [-0.2, -0.15) is 10.2 Å². The summed E-state index contributed by atoms with van der Waals surface area (Å²) in [6.45, 7) is 7.59. The molecule has 3 rings (SSSR count). The van der Waals surface area contributed by atoms with Gasteiger partial charge in [0.05, 0.1) is 23.1 Å². The monoisotopic (exact) mass is 393 g/mol. The highest BCUT2D eigenvalue weighted by Gasteiger charge is 2.26. The molecule has 1 unspecified atom stereocenters. The molecule has 3 aromatic heterocycles. The Hall–Kier alpha value is -1.97. The summed E-state index contributed by atoms with van der Waals surface area (Å²) < 4.78 is 32.0. The standard InChI is InChI=1S/C17H23N5O2S2/c1-11-9-12(2)22(19-11)15(16-7-6-8-25-16)10-18-26(23,24)17-13(3)20-21(5)14(17)4/h6-9,15,18H,10H2,1-5H3. The lowest BCUT2D eigenvalue weighted by atomic mass is 10.2. The molecule has 0 bridgehead atoms. The van der Waals surface area contributed by atoms with Gasteiger partial charge in [-0.05, 0) is 45.2 Å². The molecule has 3 aromatic rings. The number of rotatable bonds is 6. The van der Waals surface area contributed by atoms with E-state index in [1.165, 1.54) is 0 Å². The maximum atomic E-state index is 12.9. The number of nitrogens with one attached hydrogen (secondary N) is 1. The van der Waals surface area contributed by atoms with Crippen LogP contribution in [0.4, 0.5) is 0 Å². The lowest BCUT2D eigenvalue weighted by Gasteiger charge is -2.19. The first kappa shape index (κ1) is 18.8. The number of thiophene rings is 1. The summed E-state index contributed by atoms with van der Waals surface area (Å²) in [6.07, 6.45) is 0. The van der Waals surface area contributed by atoms with Crippen molar-refractivity contribution in [1.82, 2.24) is 24.3 Å². The molecule has 0 saturated carbocycles. The molecule has 0 aromatic carbocycles. The molecule has 140 valence electrons. The molecule has 7 nitrogen and oxygen atoms in total. The van der Waals surface area contributed by atoms with Crippen LogP contribution in [0.15, 0.2) is 28.5 Å². The van der Waals surface area contributed by atoms with Gasteiger partial charge in [0.1, 0.15) is 4.90 Å². The summed E-state index contributed by atoms with van der Waals surface area (Å²) in [5.74, 6) is 0. The van der Waals surface area contributed by atoms with Gasteiger partial charge in [0, 0.05) is 24.2 Å². The van der Waals surface area contributed by atoms with E-state index in [-0.39, 0.29) is 17.5 Å². The van der Waals surface area contributed by atoms with Crippen LogP contribution in [0.1, 0.15) is 33.7 Å². The molecule has 3 heterocycles. The Morgan fingerprint density at radius 2 is 1.96 bits per heavy atom. The van der Waals surface area contributed by atoms with Crippen molar-refractivity contribution in [2.45, 2.75) is 38.6 Å². The number of sulfonamides is 1. The SMILES string of the molecule is Cc1cc(C)n(C(CNS(=O)(=O)c2c(C)nn(C)c2C)c2cccs2)n1. The van der Waals surface area contributed by atoms with Crippen molar-refractivity contribution < 1.29 is 8.42 Å². The van der Waals surface area contributed by atoms with Crippen molar-refractivity contribution in [2.75, 3.05) is 6.54 Å². The lowest BCUT2D eigenvalue weighted by molar-refractivity contribution is 0.499. The van der Waals surface area contributed by atoms with E-state index >= 15 is 0 Å². The second-order valence-corrected chi connectivity index (χ2v) is 9.06. The third kappa shape index (κ3) is 3.46. The summed E-state index contributed by atoms with van der Waals surface area (Å²) in [6, 6.07) is 5.75. The largest absolute Gasteiger partial charge is 0.271 e. The first-order valence-corrected chi connectivity index (χ1v) is 10.6. The maximum Gasteiger partial charge on any atom is 0.244 e. The lowest BCUT2D eigenvalue weighted by Crippen LogP contribution is -2.32. The van der Waals surface area contributed by atoms with E-state index < -0.39 is 10.0 Å².